The molecule has 2 heterocycles. The summed E-state index contributed by atoms with van der Waals surface area (Å²) in [6, 6.07) is 4.35. The van der Waals surface area contributed by atoms with Gasteiger partial charge in [0.1, 0.15) is 0 Å². The number of aliphatic hydroxyl groups excluding tert-OH is 1. The standard InChI is InChI=1S/C14H20N2O2S/c1-10(2)16(8-11(3)17)9-14-15-7-12(18-14)13-5-4-6-19-13/h4-7,10-11,17H,8-9H2,1-3H3. The van der Waals surface area contributed by atoms with Gasteiger partial charge in [-0.2, -0.15) is 0 Å². The van der Waals surface area contributed by atoms with Crippen LogP contribution in [0.1, 0.15) is 26.7 Å². The Morgan fingerprint density at radius 2 is 2.21 bits per heavy atom. The zero-order chi connectivity index (χ0) is 13.8. The van der Waals surface area contributed by atoms with E-state index in [4.69, 9.17) is 4.42 Å². The van der Waals surface area contributed by atoms with Gasteiger partial charge in [0, 0.05) is 12.6 Å². The summed E-state index contributed by atoms with van der Waals surface area (Å²) in [5.41, 5.74) is 0. The van der Waals surface area contributed by atoms with Gasteiger partial charge in [0.25, 0.3) is 0 Å². The molecule has 0 aliphatic carbocycles. The van der Waals surface area contributed by atoms with Gasteiger partial charge >= 0.3 is 0 Å². The minimum absolute atomic E-state index is 0.340. The van der Waals surface area contributed by atoms with Gasteiger partial charge in [-0.3, -0.25) is 4.90 Å². The summed E-state index contributed by atoms with van der Waals surface area (Å²) < 4.78 is 5.77. The van der Waals surface area contributed by atoms with Gasteiger partial charge in [0.2, 0.25) is 5.89 Å². The lowest BCUT2D eigenvalue weighted by atomic mass is 10.2. The summed E-state index contributed by atoms with van der Waals surface area (Å²) in [4.78, 5) is 7.55. The molecule has 0 aromatic carbocycles. The van der Waals surface area contributed by atoms with E-state index in [1.807, 2.05) is 17.5 Å². The fourth-order valence-corrected chi connectivity index (χ4v) is 2.56. The van der Waals surface area contributed by atoms with Crippen LogP contribution in [0.4, 0.5) is 0 Å². The average Bonchev–Trinajstić information content (AvgIpc) is 2.97. The van der Waals surface area contributed by atoms with Crippen molar-refractivity contribution >= 4 is 11.3 Å². The molecule has 104 valence electrons. The van der Waals surface area contributed by atoms with E-state index in [2.05, 4.69) is 23.7 Å². The minimum atomic E-state index is -0.353. The first-order valence-electron chi connectivity index (χ1n) is 6.47. The first-order chi connectivity index (χ1) is 9.06. The summed E-state index contributed by atoms with van der Waals surface area (Å²) in [6.07, 6.45) is 1.41. The lowest BCUT2D eigenvalue weighted by Gasteiger charge is -2.26. The van der Waals surface area contributed by atoms with Crippen LogP contribution in [0.15, 0.2) is 28.1 Å². The Hall–Kier alpha value is -1.17. The third kappa shape index (κ3) is 3.89. The highest BCUT2D eigenvalue weighted by Gasteiger charge is 2.16. The van der Waals surface area contributed by atoms with Crippen LogP contribution in [-0.2, 0) is 6.54 Å². The van der Waals surface area contributed by atoms with Crippen molar-refractivity contribution in [2.45, 2.75) is 39.5 Å². The second-order valence-electron chi connectivity index (χ2n) is 4.97. The van der Waals surface area contributed by atoms with Crippen LogP contribution in [0.25, 0.3) is 10.6 Å². The number of oxazole rings is 1. The first-order valence-corrected chi connectivity index (χ1v) is 7.35. The van der Waals surface area contributed by atoms with Crippen LogP contribution >= 0.6 is 11.3 Å². The maximum Gasteiger partial charge on any atom is 0.209 e. The predicted octanol–water partition coefficient (Wildman–Crippen LogP) is 2.99. The Morgan fingerprint density at radius 1 is 1.42 bits per heavy atom. The molecule has 2 aromatic rings. The van der Waals surface area contributed by atoms with Crippen LogP contribution in [0, 0.1) is 0 Å². The lowest BCUT2D eigenvalue weighted by molar-refractivity contribution is 0.0964. The van der Waals surface area contributed by atoms with Crippen LogP contribution in [-0.4, -0.2) is 33.7 Å². The van der Waals surface area contributed by atoms with Gasteiger partial charge in [-0.15, -0.1) is 11.3 Å². The second-order valence-corrected chi connectivity index (χ2v) is 5.92. The maximum absolute atomic E-state index is 9.51. The fourth-order valence-electron chi connectivity index (χ4n) is 1.89. The molecule has 1 atom stereocenters. The van der Waals surface area contributed by atoms with Crippen molar-refractivity contribution in [3.8, 4) is 10.6 Å². The minimum Gasteiger partial charge on any atom is -0.438 e. The second kappa shape index (κ2) is 6.32. The van der Waals surface area contributed by atoms with Crippen molar-refractivity contribution < 1.29 is 9.52 Å². The third-order valence-electron chi connectivity index (χ3n) is 2.88. The highest BCUT2D eigenvalue weighted by Crippen LogP contribution is 2.25. The van der Waals surface area contributed by atoms with E-state index in [0.29, 0.717) is 25.0 Å². The molecule has 0 aliphatic heterocycles. The first kappa shape index (κ1) is 14.2. The van der Waals surface area contributed by atoms with Crippen LogP contribution < -0.4 is 0 Å². The highest BCUT2D eigenvalue weighted by atomic mass is 32.1. The summed E-state index contributed by atoms with van der Waals surface area (Å²) >= 11 is 1.64. The quantitative estimate of drug-likeness (QED) is 0.883. The van der Waals surface area contributed by atoms with E-state index >= 15 is 0 Å². The van der Waals surface area contributed by atoms with Crippen molar-refractivity contribution in [3.63, 3.8) is 0 Å². The summed E-state index contributed by atoms with van der Waals surface area (Å²) in [5, 5.41) is 11.5. The highest BCUT2D eigenvalue weighted by molar-refractivity contribution is 7.13. The number of nitrogens with zero attached hydrogens (tertiary/aromatic N) is 2. The van der Waals surface area contributed by atoms with Gasteiger partial charge in [-0.1, -0.05) is 6.07 Å². The number of aromatic nitrogens is 1. The molecule has 0 spiro atoms. The molecule has 0 saturated carbocycles. The molecule has 2 aromatic heterocycles. The van der Waals surface area contributed by atoms with Crippen LogP contribution in [0.3, 0.4) is 0 Å². The van der Waals surface area contributed by atoms with Gasteiger partial charge < -0.3 is 9.52 Å². The molecule has 1 N–H and O–H groups in total. The zero-order valence-corrected chi connectivity index (χ0v) is 12.4. The number of aliphatic hydroxyl groups is 1. The van der Waals surface area contributed by atoms with Gasteiger partial charge in [0.05, 0.1) is 23.7 Å². The van der Waals surface area contributed by atoms with E-state index in [0.717, 1.165) is 10.6 Å². The number of rotatable bonds is 6. The van der Waals surface area contributed by atoms with Crippen LogP contribution in [0.2, 0.25) is 0 Å². The molecular weight excluding hydrogens is 260 g/mol. The SMILES string of the molecule is CC(O)CN(Cc1ncc(-c2cccs2)o1)C(C)C. The van der Waals surface area contributed by atoms with Crippen molar-refractivity contribution in [3.05, 3.63) is 29.6 Å². The molecule has 0 bridgehead atoms. The van der Waals surface area contributed by atoms with Gasteiger partial charge in [-0.05, 0) is 32.2 Å². The van der Waals surface area contributed by atoms with Crippen molar-refractivity contribution in [2.24, 2.45) is 0 Å². The van der Waals surface area contributed by atoms with E-state index < -0.39 is 0 Å². The molecule has 0 saturated heterocycles. The van der Waals surface area contributed by atoms with Gasteiger partial charge in [0.15, 0.2) is 5.76 Å². The molecule has 0 amide bonds. The van der Waals surface area contributed by atoms with Crippen molar-refractivity contribution in [1.82, 2.24) is 9.88 Å². The Morgan fingerprint density at radius 3 is 2.79 bits per heavy atom. The summed E-state index contributed by atoms with van der Waals surface area (Å²) in [5.74, 6) is 1.50. The molecule has 0 fully saturated rings. The predicted molar refractivity (Wildman–Crippen MR) is 77.0 cm³/mol. The Bertz CT molecular complexity index is 491. The van der Waals surface area contributed by atoms with E-state index in [1.54, 1.807) is 24.5 Å². The van der Waals surface area contributed by atoms with Crippen LogP contribution in [0.5, 0.6) is 0 Å². The summed E-state index contributed by atoms with van der Waals surface area (Å²) in [7, 11) is 0. The lowest BCUT2D eigenvalue weighted by Crippen LogP contribution is -2.36. The molecule has 0 aliphatic rings. The maximum atomic E-state index is 9.51. The molecule has 0 radical (unpaired) electrons. The molecule has 19 heavy (non-hydrogen) atoms. The molecular formula is C14H20N2O2S. The molecule has 2 rings (SSSR count). The number of hydrogen-bond donors (Lipinski definition) is 1. The van der Waals surface area contributed by atoms with E-state index in [-0.39, 0.29) is 6.10 Å². The topological polar surface area (TPSA) is 49.5 Å². The molecule has 4 nitrogen and oxygen atoms in total. The Kier molecular flexibility index (Phi) is 4.74. The van der Waals surface area contributed by atoms with E-state index in [1.165, 1.54) is 0 Å². The monoisotopic (exact) mass is 280 g/mol. The largest absolute Gasteiger partial charge is 0.438 e. The van der Waals surface area contributed by atoms with E-state index in [9.17, 15) is 5.11 Å². The number of thiophene rings is 1. The number of hydrogen-bond acceptors (Lipinski definition) is 5. The van der Waals surface area contributed by atoms with Crippen molar-refractivity contribution in [1.29, 1.82) is 0 Å². The third-order valence-corrected chi connectivity index (χ3v) is 3.77. The summed E-state index contributed by atoms with van der Waals surface area (Å²) in [6.45, 7) is 7.24. The molecule has 5 heteroatoms. The molecule has 1 unspecified atom stereocenters. The average molecular weight is 280 g/mol. The van der Waals surface area contributed by atoms with Gasteiger partial charge in [-0.25, -0.2) is 4.98 Å². The normalized spacial score (nSPS) is 13.4. The Labute approximate surface area is 117 Å². The zero-order valence-electron chi connectivity index (χ0n) is 11.5. The Balaban J connectivity index is 2.06. The fraction of sp³-hybridized carbons (Fsp3) is 0.500. The smallest absolute Gasteiger partial charge is 0.209 e. The van der Waals surface area contributed by atoms with Crippen molar-refractivity contribution in [2.75, 3.05) is 6.54 Å².